The zero-order valence-electron chi connectivity index (χ0n) is 18.6. The van der Waals surface area contributed by atoms with Crippen LogP contribution in [0.1, 0.15) is 53.5 Å². The molecule has 0 unspecified atom stereocenters. The Morgan fingerprint density at radius 1 is 1.18 bits per heavy atom. The average molecular weight is 446 g/mol. The lowest BCUT2D eigenvalue weighted by Gasteiger charge is -2.34. The fourth-order valence-corrected chi connectivity index (χ4v) is 5.13. The van der Waals surface area contributed by atoms with Gasteiger partial charge in [-0.2, -0.15) is 5.10 Å². The Labute approximate surface area is 191 Å². The maximum absolute atomic E-state index is 13.6. The van der Waals surface area contributed by atoms with Gasteiger partial charge in [0.05, 0.1) is 23.4 Å². The first kappa shape index (κ1) is 20.1. The summed E-state index contributed by atoms with van der Waals surface area (Å²) >= 11 is 0. The van der Waals surface area contributed by atoms with Crippen molar-refractivity contribution in [3.05, 3.63) is 53.6 Å². The number of amides is 1. The van der Waals surface area contributed by atoms with Gasteiger partial charge in [-0.05, 0) is 44.7 Å². The van der Waals surface area contributed by atoms with Crippen molar-refractivity contribution in [2.45, 2.75) is 44.7 Å². The van der Waals surface area contributed by atoms with Crippen molar-refractivity contribution in [1.82, 2.24) is 34.3 Å². The molecule has 0 spiro atoms. The molecule has 1 amide bonds. The molecule has 2 aliphatic rings. The number of likely N-dealkylation sites (tertiary alicyclic amines) is 1. The number of rotatable bonds is 3. The molecule has 2 aliphatic heterocycles. The van der Waals surface area contributed by atoms with Crippen LogP contribution in [0.25, 0.3) is 11.2 Å². The molecule has 0 saturated carbocycles. The van der Waals surface area contributed by atoms with E-state index in [1.807, 2.05) is 33.8 Å². The molecule has 2 fully saturated rings. The summed E-state index contributed by atoms with van der Waals surface area (Å²) in [5, 5.41) is 12.9. The van der Waals surface area contributed by atoms with E-state index in [9.17, 15) is 4.79 Å². The number of carbonyl (C=O) groups is 1. The number of nitrogens with two attached hydrogens (primary N) is 1. The molecule has 0 bridgehead atoms. The number of hydrogen-bond acceptors (Lipinski definition) is 7. The maximum Gasteiger partial charge on any atom is 0.273 e. The van der Waals surface area contributed by atoms with E-state index in [2.05, 4.69) is 22.1 Å². The lowest BCUT2D eigenvalue weighted by molar-refractivity contribution is 0.0596. The van der Waals surface area contributed by atoms with Gasteiger partial charge in [-0.25, -0.2) is 14.0 Å². The number of anilines is 1. The summed E-state index contributed by atoms with van der Waals surface area (Å²) in [5.41, 5.74) is 10.2. The smallest absolute Gasteiger partial charge is 0.273 e. The van der Waals surface area contributed by atoms with Crippen LogP contribution in [0.3, 0.4) is 0 Å². The summed E-state index contributed by atoms with van der Waals surface area (Å²) in [6.45, 7) is 4.49. The molecule has 0 radical (unpaired) electrons. The van der Waals surface area contributed by atoms with Crippen LogP contribution in [0, 0.1) is 6.92 Å². The Balaban J connectivity index is 1.35. The molecule has 6 heterocycles. The van der Waals surface area contributed by atoms with E-state index >= 15 is 0 Å². The molecular formula is C23H27N9O. The molecule has 2 atom stereocenters. The van der Waals surface area contributed by atoms with Crippen LogP contribution in [0.4, 0.5) is 5.82 Å². The van der Waals surface area contributed by atoms with Crippen LogP contribution < -0.4 is 10.6 Å². The fraction of sp³-hybridized carbons (Fsp3) is 0.435. The predicted molar refractivity (Wildman–Crippen MR) is 123 cm³/mol. The Kier molecular flexibility index (Phi) is 4.75. The largest absolute Gasteiger partial charge is 0.355 e. The first-order valence-corrected chi connectivity index (χ1v) is 11.6. The monoisotopic (exact) mass is 445 g/mol. The Hall–Kier alpha value is -3.53. The minimum atomic E-state index is -0.101. The topological polar surface area (TPSA) is 110 Å². The van der Waals surface area contributed by atoms with E-state index < -0.39 is 0 Å². The number of nitrogens with zero attached hydrogens (tertiary/aromatic N) is 8. The lowest BCUT2D eigenvalue weighted by Crippen LogP contribution is -2.39. The third kappa shape index (κ3) is 3.41. The highest BCUT2D eigenvalue weighted by Crippen LogP contribution is 2.32. The second-order valence-electron chi connectivity index (χ2n) is 9.11. The molecule has 0 aromatic carbocycles. The summed E-state index contributed by atoms with van der Waals surface area (Å²) in [7, 11) is 0. The predicted octanol–water partition coefficient (Wildman–Crippen LogP) is 1.99. The Bertz CT molecular complexity index is 1340. The lowest BCUT2D eigenvalue weighted by atomic mass is 9.99. The van der Waals surface area contributed by atoms with Gasteiger partial charge in [0.25, 0.3) is 5.91 Å². The highest BCUT2D eigenvalue weighted by atomic mass is 16.2. The van der Waals surface area contributed by atoms with Crippen molar-refractivity contribution in [2.24, 2.45) is 5.73 Å². The molecule has 170 valence electrons. The SMILES string of the molecule is Cc1cn2nc([C@@H]3CCCCN3C(=O)c3cccc4cnnn34)cc2nc1N1CC[C@H](N)C1. The van der Waals surface area contributed by atoms with Gasteiger partial charge >= 0.3 is 0 Å². The van der Waals surface area contributed by atoms with E-state index in [0.29, 0.717) is 12.2 Å². The first-order valence-electron chi connectivity index (χ1n) is 11.6. The summed E-state index contributed by atoms with van der Waals surface area (Å²) in [4.78, 5) is 22.7. The van der Waals surface area contributed by atoms with Crippen LogP contribution in [-0.4, -0.2) is 65.9 Å². The van der Waals surface area contributed by atoms with Gasteiger partial charge in [0.2, 0.25) is 0 Å². The van der Waals surface area contributed by atoms with Gasteiger partial charge in [0.1, 0.15) is 11.5 Å². The van der Waals surface area contributed by atoms with Crippen LogP contribution in [0.2, 0.25) is 0 Å². The van der Waals surface area contributed by atoms with Crippen LogP contribution in [0.15, 0.2) is 36.7 Å². The fourth-order valence-electron chi connectivity index (χ4n) is 5.13. The molecule has 2 saturated heterocycles. The van der Waals surface area contributed by atoms with E-state index in [0.717, 1.165) is 67.0 Å². The minimum absolute atomic E-state index is 0.0521. The standard InChI is InChI=1S/C23H27N9O/c1-15-13-31-21(26-22(15)29-10-8-16(24)14-29)11-18(27-31)19-6-2-3-9-30(19)23(33)20-7-4-5-17-12-25-28-32(17)20/h4-5,7,11-13,16,19H,2-3,6,8-10,14,24H2,1H3/t16-,19-/m0/s1. The van der Waals surface area contributed by atoms with Crippen molar-refractivity contribution >= 4 is 22.9 Å². The van der Waals surface area contributed by atoms with Crippen LogP contribution in [0.5, 0.6) is 0 Å². The van der Waals surface area contributed by atoms with Gasteiger partial charge in [-0.3, -0.25) is 4.79 Å². The van der Waals surface area contributed by atoms with Gasteiger partial charge < -0.3 is 15.5 Å². The number of hydrogen-bond donors (Lipinski definition) is 1. The normalized spacial score (nSPS) is 21.4. The molecule has 4 aromatic rings. The molecular weight excluding hydrogens is 418 g/mol. The number of pyridine rings is 1. The average Bonchev–Trinajstić information content (AvgIpc) is 3.57. The Morgan fingerprint density at radius 3 is 2.94 bits per heavy atom. The van der Waals surface area contributed by atoms with Crippen molar-refractivity contribution in [3.63, 3.8) is 0 Å². The van der Waals surface area contributed by atoms with E-state index in [4.69, 9.17) is 15.8 Å². The van der Waals surface area contributed by atoms with Gasteiger partial charge in [0.15, 0.2) is 5.65 Å². The maximum atomic E-state index is 13.6. The third-order valence-corrected chi connectivity index (χ3v) is 6.80. The van der Waals surface area contributed by atoms with E-state index in [-0.39, 0.29) is 18.0 Å². The van der Waals surface area contributed by atoms with Gasteiger partial charge in [-0.15, -0.1) is 5.10 Å². The van der Waals surface area contributed by atoms with Crippen LogP contribution >= 0.6 is 0 Å². The molecule has 10 heteroatoms. The number of aryl methyl sites for hydroxylation is 1. The van der Waals surface area contributed by atoms with Crippen molar-refractivity contribution in [2.75, 3.05) is 24.5 Å². The molecule has 10 nitrogen and oxygen atoms in total. The summed E-state index contributed by atoms with van der Waals surface area (Å²) < 4.78 is 3.44. The summed E-state index contributed by atoms with van der Waals surface area (Å²) in [6.07, 6.45) is 7.56. The quantitative estimate of drug-likeness (QED) is 0.513. The number of fused-ring (bicyclic) bond motifs is 2. The van der Waals surface area contributed by atoms with E-state index in [1.165, 1.54) is 0 Å². The second kappa shape index (κ2) is 7.80. The highest BCUT2D eigenvalue weighted by Gasteiger charge is 2.32. The molecule has 0 aliphatic carbocycles. The van der Waals surface area contributed by atoms with Crippen molar-refractivity contribution in [3.8, 4) is 0 Å². The molecule has 2 N–H and O–H groups in total. The summed E-state index contributed by atoms with van der Waals surface area (Å²) in [5.74, 6) is 0.917. The summed E-state index contributed by atoms with van der Waals surface area (Å²) in [6, 6.07) is 7.68. The number of piperidine rings is 1. The molecule has 33 heavy (non-hydrogen) atoms. The van der Waals surface area contributed by atoms with Crippen molar-refractivity contribution < 1.29 is 4.79 Å². The Morgan fingerprint density at radius 2 is 2.09 bits per heavy atom. The van der Waals surface area contributed by atoms with E-state index in [1.54, 1.807) is 16.8 Å². The van der Waals surface area contributed by atoms with Crippen molar-refractivity contribution in [1.29, 1.82) is 0 Å². The van der Waals surface area contributed by atoms with Gasteiger partial charge in [0, 0.05) is 43.5 Å². The van der Waals surface area contributed by atoms with Gasteiger partial charge in [-0.1, -0.05) is 11.3 Å². The zero-order valence-corrected chi connectivity index (χ0v) is 18.6. The zero-order chi connectivity index (χ0) is 22.5. The minimum Gasteiger partial charge on any atom is -0.355 e. The van der Waals surface area contributed by atoms with Crippen LogP contribution in [-0.2, 0) is 0 Å². The molecule has 4 aromatic heterocycles. The highest BCUT2D eigenvalue weighted by molar-refractivity contribution is 5.93. The second-order valence-corrected chi connectivity index (χ2v) is 9.11. The third-order valence-electron chi connectivity index (χ3n) is 6.80. The number of carbonyl (C=O) groups excluding carboxylic acids is 1. The number of aromatic nitrogens is 6. The first-order chi connectivity index (χ1) is 16.1. The molecule has 6 rings (SSSR count).